The van der Waals surface area contributed by atoms with Gasteiger partial charge in [0.1, 0.15) is 0 Å². The van der Waals surface area contributed by atoms with Crippen molar-refractivity contribution in [1.29, 1.82) is 0 Å². The lowest BCUT2D eigenvalue weighted by Gasteiger charge is -2.32. The van der Waals surface area contributed by atoms with E-state index < -0.39 is 10.0 Å². The van der Waals surface area contributed by atoms with Crippen LogP contribution in [0.2, 0.25) is 5.02 Å². The van der Waals surface area contributed by atoms with E-state index in [4.69, 9.17) is 17.3 Å². The lowest BCUT2D eigenvalue weighted by atomic mass is 9.90. The number of halogens is 1. The Labute approximate surface area is 126 Å². The molecule has 1 aliphatic rings. The molecule has 20 heavy (non-hydrogen) atoms. The van der Waals surface area contributed by atoms with E-state index in [9.17, 15) is 8.42 Å². The SMILES string of the molecule is CS(=O)(=O)N1CCCC(CC(N)c2ccc(Cl)cc2)C1. The predicted molar refractivity (Wildman–Crippen MR) is 82.1 cm³/mol. The number of rotatable bonds is 4. The molecule has 1 aromatic rings. The van der Waals surface area contributed by atoms with E-state index in [1.807, 2.05) is 24.3 Å². The molecule has 2 unspecified atom stereocenters. The van der Waals surface area contributed by atoms with Gasteiger partial charge in [0, 0.05) is 24.2 Å². The van der Waals surface area contributed by atoms with Crippen LogP contribution in [-0.4, -0.2) is 32.1 Å². The highest BCUT2D eigenvalue weighted by Crippen LogP contribution is 2.27. The maximum absolute atomic E-state index is 11.6. The largest absolute Gasteiger partial charge is 0.324 e. The van der Waals surface area contributed by atoms with Crippen molar-refractivity contribution in [3.05, 3.63) is 34.9 Å². The minimum absolute atomic E-state index is 0.0724. The molecule has 2 atom stereocenters. The van der Waals surface area contributed by atoms with E-state index in [0.29, 0.717) is 24.0 Å². The second-order valence-corrected chi connectivity index (χ2v) is 7.94. The second-order valence-electron chi connectivity index (χ2n) is 5.52. The summed E-state index contributed by atoms with van der Waals surface area (Å²) in [5.41, 5.74) is 7.27. The zero-order valence-electron chi connectivity index (χ0n) is 11.6. The molecule has 0 amide bonds. The third-order valence-corrected chi connectivity index (χ3v) is 5.36. The van der Waals surface area contributed by atoms with Crippen LogP contribution < -0.4 is 5.73 Å². The Kier molecular flexibility index (Phi) is 5.07. The van der Waals surface area contributed by atoms with E-state index in [1.165, 1.54) is 6.26 Å². The fourth-order valence-electron chi connectivity index (χ4n) is 2.73. The Morgan fingerprint density at radius 2 is 2.05 bits per heavy atom. The first-order valence-electron chi connectivity index (χ1n) is 6.82. The van der Waals surface area contributed by atoms with Crippen LogP contribution in [0.15, 0.2) is 24.3 Å². The van der Waals surface area contributed by atoms with Gasteiger partial charge in [-0.15, -0.1) is 0 Å². The lowest BCUT2D eigenvalue weighted by molar-refractivity contribution is 0.247. The molecule has 0 radical (unpaired) electrons. The van der Waals surface area contributed by atoms with Crippen LogP contribution in [0.3, 0.4) is 0 Å². The first kappa shape index (κ1) is 15.8. The monoisotopic (exact) mass is 316 g/mol. The quantitative estimate of drug-likeness (QED) is 0.927. The number of nitrogens with zero attached hydrogens (tertiary/aromatic N) is 1. The van der Waals surface area contributed by atoms with Gasteiger partial charge in [-0.05, 0) is 42.9 Å². The Morgan fingerprint density at radius 3 is 2.65 bits per heavy atom. The molecule has 1 aliphatic heterocycles. The summed E-state index contributed by atoms with van der Waals surface area (Å²) in [4.78, 5) is 0. The molecule has 1 saturated heterocycles. The van der Waals surface area contributed by atoms with Crippen LogP contribution in [0.5, 0.6) is 0 Å². The average Bonchev–Trinajstić information content (AvgIpc) is 2.38. The standard InChI is InChI=1S/C14H21ClN2O2S/c1-20(18,19)17-8-2-3-11(10-17)9-14(16)12-4-6-13(15)7-5-12/h4-7,11,14H,2-3,8-10,16H2,1H3. The fourth-order valence-corrected chi connectivity index (χ4v) is 3.79. The molecule has 1 heterocycles. The maximum atomic E-state index is 11.6. The Bertz CT molecular complexity index is 545. The van der Waals surface area contributed by atoms with Crippen molar-refractivity contribution < 1.29 is 8.42 Å². The minimum atomic E-state index is -3.09. The summed E-state index contributed by atoms with van der Waals surface area (Å²) in [6.45, 7) is 1.21. The third-order valence-electron chi connectivity index (χ3n) is 3.84. The van der Waals surface area contributed by atoms with E-state index >= 15 is 0 Å². The van der Waals surface area contributed by atoms with Crippen molar-refractivity contribution in [1.82, 2.24) is 4.31 Å². The first-order chi connectivity index (χ1) is 9.36. The van der Waals surface area contributed by atoms with Gasteiger partial charge in [0.25, 0.3) is 0 Å². The number of hydrogen-bond acceptors (Lipinski definition) is 3. The van der Waals surface area contributed by atoms with Gasteiger partial charge in [0.15, 0.2) is 0 Å². The summed E-state index contributed by atoms with van der Waals surface area (Å²) in [6.07, 6.45) is 4.01. The number of nitrogens with two attached hydrogens (primary N) is 1. The molecule has 112 valence electrons. The molecule has 4 nitrogen and oxygen atoms in total. The van der Waals surface area contributed by atoms with Crippen LogP contribution in [-0.2, 0) is 10.0 Å². The van der Waals surface area contributed by atoms with E-state index in [2.05, 4.69) is 0 Å². The van der Waals surface area contributed by atoms with Gasteiger partial charge >= 0.3 is 0 Å². The molecular weight excluding hydrogens is 296 g/mol. The number of hydrogen-bond donors (Lipinski definition) is 1. The smallest absolute Gasteiger partial charge is 0.211 e. The molecule has 0 aliphatic carbocycles. The maximum Gasteiger partial charge on any atom is 0.211 e. The highest BCUT2D eigenvalue weighted by Gasteiger charge is 2.27. The van der Waals surface area contributed by atoms with Crippen LogP contribution in [0.4, 0.5) is 0 Å². The van der Waals surface area contributed by atoms with Crippen molar-refractivity contribution in [2.75, 3.05) is 19.3 Å². The first-order valence-corrected chi connectivity index (χ1v) is 9.05. The van der Waals surface area contributed by atoms with Crippen LogP contribution >= 0.6 is 11.6 Å². The summed E-state index contributed by atoms with van der Waals surface area (Å²) in [6, 6.07) is 7.46. The zero-order valence-corrected chi connectivity index (χ0v) is 13.2. The minimum Gasteiger partial charge on any atom is -0.324 e. The van der Waals surface area contributed by atoms with E-state index in [-0.39, 0.29) is 6.04 Å². The van der Waals surface area contributed by atoms with Crippen molar-refractivity contribution >= 4 is 21.6 Å². The van der Waals surface area contributed by atoms with Gasteiger partial charge in [0.05, 0.1) is 6.26 Å². The number of benzene rings is 1. The summed E-state index contributed by atoms with van der Waals surface area (Å²) in [5, 5.41) is 0.696. The van der Waals surface area contributed by atoms with Crippen LogP contribution in [0.1, 0.15) is 30.9 Å². The second kappa shape index (κ2) is 6.43. The Hall–Kier alpha value is -0.620. The number of piperidine rings is 1. The summed E-state index contributed by atoms with van der Waals surface area (Å²) in [5.74, 6) is 0.323. The van der Waals surface area contributed by atoms with Crippen molar-refractivity contribution in [3.8, 4) is 0 Å². The van der Waals surface area contributed by atoms with Gasteiger partial charge in [-0.2, -0.15) is 0 Å². The van der Waals surface area contributed by atoms with Gasteiger partial charge in [0.2, 0.25) is 10.0 Å². The highest BCUT2D eigenvalue weighted by atomic mass is 35.5. The number of sulfonamides is 1. The zero-order chi connectivity index (χ0) is 14.8. The predicted octanol–water partition coefficient (Wildman–Crippen LogP) is 2.40. The molecule has 6 heteroatoms. The average molecular weight is 317 g/mol. The van der Waals surface area contributed by atoms with Crippen molar-refractivity contribution in [3.63, 3.8) is 0 Å². The molecule has 0 bridgehead atoms. The molecule has 0 spiro atoms. The lowest BCUT2D eigenvalue weighted by Crippen LogP contribution is -2.40. The Morgan fingerprint density at radius 1 is 1.40 bits per heavy atom. The van der Waals surface area contributed by atoms with Crippen molar-refractivity contribution in [2.24, 2.45) is 11.7 Å². The van der Waals surface area contributed by atoms with Gasteiger partial charge in [-0.3, -0.25) is 0 Å². The summed E-state index contributed by atoms with van der Waals surface area (Å²) < 4.78 is 24.8. The summed E-state index contributed by atoms with van der Waals surface area (Å²) in [7, 11) is -3.09. The third kappa shape index (κ3) is 4.19. The highest BCUT2D eigenvalue weighted by molar-refractivity contribution is 7.88. The van der Waals surface area contributed by atoms with Gasteiger partial charge in [-0.1, -0.05) is 23.7 Å². The van der Waals surface area contributed by atoms with Crippen molar-refractivity contribution in [2.45, 2.75) is 25.3 Å². The molecule has 1 fully saturated rings. The topological polar surface area (TPSA) is 63.4 Å². The molecular formula is C14H21ClN2O2S. The molecule has 0 saturated carbocycles. The van der Waals surface area contributed by atoms with Crippen LogP contribution in [0.25, 0.3) is 0 Å². The van der Waals surface area contributed by atoms with E-state index in [1.54, 1.807) is 4.31 Å². The van der Waals surface area contributed by atoms with Gasteiger partial charge < -0.3 is 5.73 Å². The fraction of sp³-hybridized carbons (Fsp3) is 0.571. The molecule has 1 aromatic carbocycles. The molecule has 0 aromatic heterocycles. The molecule has 2 rings (SSSR count). The molecule has 2 N–H and O–H groups in total. The van der Waals surface area contributed by atoms with E-state index in [0.717, 1.165) is 24.8 Å². The van der Waals surface area contributed by atoms with Gasteiger partial charge in [-0.25, -0.2) is 12.7 Å². The normalized spacial score (nSPS) is 22.6. The van der Waals surface area contributed by atoms with Crippen LogP contribution in [0, 0.1) is 5.92 Å². The summed E-state index contributed by atoms with van der Waals surface area (Å²) >= 11 is 5.86. The Balaban J connectivity index is 1.97.